The van der Waals surface area contributed by atoms with Crippen molar-refractivity contribution in [2.24, 2.45) is 0 Å². The lowest BCUT2D eigenvalue weighted by Crippen LogP contribution is -2.04. The van der Waals surface area contributed by atoms with Crippen LogP contribution in [-0.4, -0.2) is 22.1 Å². The molecular weight excluding hydrogens is 216 g/mol. The lowest BCUT2D eigenvalue weighted by molar-refractivity contribution is 0.411. The van der Waals surface area contributed by atoms with E-state index >= 15 is 0 Å². The highest BCUT2D eigenvalue weighted by atomic mass is 16.5. The predicted octanol–water partition coefficient (Wildman–Crippen LogP) is 1.80. The molecule has 2 rings (SSSR count). The number of hydrogen-bond donors (Lipinski definition) is 1. The topological polar surface area (TPSA) is 59.9 Å². The number of pyridine rings is 1. The lowest BCUT2D eigenvalue weighted by Gasteiger charge is -2.07. The summed E-state index contributed by atoms with van der Waals surface area (Å²) < 4.78 is 4.99. The van der Waals surface area contributed by atoms with Crippen LogP contribution in [0.15, 0.2) is 30.9 Å². The van der Waals surface area contributed by atoms with E-state index in [1.807, 2.05) is 19.2 Å². The van der Waals surface area contributed by atoms with Crippen LogP contribution in [0.3, 0.4) is 0 Å². The molecule has 88 valence electrons. The van der Waals surface area contributed by atoms with Gasteiger partial charge in [-0.05, 0) is 24.1 Å². The van der Waals surface area contributed by atoms with Crippen LogP contribution in [-0.2, 0) is 6.54 Å². The molecule has 0 aliphatic carbocycles. The molecule has 0 aliphatic rings. The second-order valence-electron chi connectivity index (χ2n) is 3.60. The van der Waals surface area contributed by atoms with E-state index in [9.17, 15) is 0 Å². The summed E-state index contributed by atoms with van der Waals surface area (Å²) in [7, 11) is 1.59. The highest BCUT2D eigenvalue weighted by molar-refractivity contribution is 5.31. The third-order valence-electron chi connectivity index (χ3n) is 2.44. The molecule has 0 saturated carbocycles. The van der Waals surface area contributed by atoms with Gasteiger partial charge in [0.2, 0.25) is 5.95 Å². The van der Waals surface area contributed by atoms with Crippen molar-refractivity contribution in [3.63, 3.8) is 0 Å². The summed E-state index contributed by atoms with van der Waals surface area (Å²) in [6.45, 7) is 2.71. The van der Waals surface area contributed by atoms with E-state index in [0.29, 0.717) is 18.2 Å². The van der Waals surface area contributed by atoms with E-state index in [0.717, 1.165) is 5.56 Å². The Morgan fingerprint density at radius 2 is 2.00 bits per heavy atom. The van der Waals surface area contributed by atoms with Gasteiger partial charge in [-0.1, -0.05) is 0 Å². The maximum Gasteiger partial charge on any atom is 0.223 e. The zero-order valence-electron chi connectivity index (χ0n) is 9.84. The summed E-state index contributed by atoms with van der Waals surface area (Å²) in [6.07, 6.45) is 6.88. The van der Waals surface area contributed by atoms with Gasteiger partial charge in [0.05, 0.1) is 19.5 Å². The molecule has 0 unspecified atom stereocenters. The second-order valence-corrected chi connectivity index (χ2v) is 3.60. The zero-order chi connectivity index (χ0) is 12.1. The molecule has 0 radical (unpaired) electrons. The zero-order valence-corrected chi connectivity index (χ0v) is 9.84. The number of aryl methyl sites for hydroxylation is 1. The molecule has 0 atom stereocenters. The summed E-state index contributed by atoms with van der Waals surface area (Å²) in [5, 5.41) is 3.15. The molecule has 0 aliphatic heterocycles. The molecule has 0 amide bonds. The number of methoxy groups -OCH3 is 1. The molecule has 5 nitrogen and oxygen atoms in total. The standard InChI is InChI=1S/C12H14N4O/c1-9-5-13-4-3-10(9)6-14-12-15-7-11(17-2)8-16-12/h3-5,7-8H,6H2,1-2H3,(H,14,15,16). The van der Waals surface area contributed by atoms with Crippen LogP contribution in [0.25, 0.3) is 0 Å². The molecule has 2 aromatic heterocycles. The molecule has 0 aromatic carbocycles. The molecule has 0 fully saturated rings. The van der Waals surface area contributed by atoms with Gasteiger partial charge in [0, 0.05) is 18.9 Å². The average molecular weight is 230 g/mol. The van der Waals surface area contributed by atoms with Crippen molar-refractivity contribution in [3.8, 4) is 5.75 Å². The van der Waals surface area contributed by atoms with Crippen molar-refractivity contribution >= 4 is 5.95 Å². The predicted molar refractivity (Wildman–Crippen MR) is 64.9 cm³/mol. The van der Waals surface area contributed by atoms with Gasteiger partial charge in [0.1, 0.15) is 0 Å². The Kier molecular flexibility index (Phi) is 3.49. The number of hydrogen-bond acceptors (Lipinski definition) is 5. The molecule has 2 aromatic rings. The molecule has 2 heterocycles. The molecular formula is C12H14N4O. The van der Waals surface area contributed by atoms with Crippen molar-refractivity contribution in [2.45, 2.75) is 13.5 Å². The van der Waals surface area contributed by atoms with E-state index in [1.165, 1.54) is 5.56 Å². The van der Waals surface area contributed by atoms with Crippen LogP contribution in [0.4, 0.5) is 5.95 Å². The van der Waals surface area contributed by atoms with Gasteiger partial charge in [0.15, 0.2) is 5.75 Å². The normalized spacial score (nSPS) is 10.0. The van der Waals surface area contributed by atoms with E-state index in [2.05, 4.69) is 20.3 Å². The summed E-state index contributed by atoms with van der Waals surface area (Å²) in [4.78, 5) is 12.3. The summed E-state index contributed by atoms with van der Waals surface area (Å²) in [6, 6.07) is 1.98. The number of anilines is 1. The van der Waals surface area contributed by atoms with Crippen molar-refractivity contribution < 1.29 is 4.74 Å². The van der Waals surface area contributed by atoms with Gasteiger partial charge in [-0.2, -0.15) is 0 Å². The number of nitrogens with zero attached hydrogens (tertiary/aromatic N) is 3. The Hall–Kier alpha value is -2.17. The second kappa shape index (κ2) is 5.25. The smallest absolute Gasteiger partial charge is 0.223 e. The van der Waals surface area contributed by atoms with Crippen LogP contribution >= 0.6 is 0 Å². The van der Waals surface area contributed by atoms with Crippen LogP contribution in [0.2, 0.25) is 0 Å². The Labute approximate surface area is 99.9 Å². The lowest BCUT2D eigenvalue weighted by atomic mass is 10.1. The minimum Gasteiger partial charge on any atom is -0.494 e. The van der Waals surface area contributed by atoms with Gasteiger partial charge in [0.25, 0.3) is 0 Å². The van der Waals surface area contributed by atoms with E-state index in [1.54, 1.807) is 25.7 Å². The SMILES string of the molecule is COc1cnc(NCc2ccncc2C)nc1. The first-order valence-corrected chi connectivity index (χ1v) is 5.29. The van der Waals surface area contributed by atoms with Gasteiger partial charge in [-0.3, -0.25) is 4.98 Å². The van der Waals surface area contributed by atoms with Crippen molar-refractivity contribution in [1.82, 2.24) is 15.0 Å². The fourth-order valence-electron chi connectivity index (χ4n) is 1.39. The van der Waals surface area contributed by atoms with Gasteiger partial charge in [-0.15, -0.1) is 0 Å². The summed E-state index contributed by atoms with van der Waals surface area (Å²) in [5.41, 5.74) is 2.33. The number of ether oxygens (including phenoxy) is 1. The number of aromatic nitrogens is 3. The molecule has 17 heavy (non-hydrogen) atoms. The molecule has 0 spiro atoms. The maximum absolute atomic E-state index is 4.99. The Morgan fingerprint density at radius 1 is 1.24 bits per heavy atom. The first-order chi connectivity index (χ1) is 8.29. The maximum atomic E-state index is 4.99. The van der Waals surface area contributed by atoms with Crippen LogP contribution < -0.4 is 10.1 Å². The van der Waals surface area contributed by atoms with Crippen LogP contribution in [0, 0.1) is 6.92 Å². The Balaban J connectivity index is 2.00. The quantitative estimate of drug-likeness (QED) is 0.867. The molecule has 0 saturated heterocycles. The Morgan fingerprint density at radius 3 is 2.65 bits per heavy atom. The third kappa shape index (κ3) is 2.90. The molecule has 5 heteroatoms. The van der Waals surface area contributed by atoms with Gasteiger partial charge >= 0.3 is 0 Å². The minimum absolute atomic E-state index is 0.585. The number of rotatable bonds is 4. The highest BCUT2D eigenvalue weighted by Gasteiger charge is 2.00. The van der Waals surface area contributed by atoms with E-state index in [4.69, 9.17) is 4.74 Å². The molecule has 0 bridgehead atoms. The highest BCUT2D eigenvalue weighted by Crippen LogP contribution is 2.10. The average Bonchev–Trinajstić information content (AvgIpc) is 2.38. The van der Waals surface area contributed by atoms with Crippen LogP contribution in [0.1, 0.15) is 11.1 Å². The van der Waals surface area contributed by atoms with Gasteiger partial charge < -0.3 is 10.1 Å². The summed E-state index contributed by atoms with van der Waals surface area (Å²) >= 11 is 0. The molecule has 1 N–H and O–H groups in total. The first kappa shape index (κ1) is 11.3. The number of nitrogens with one attached hydrogen (secondary N) is 1. The van der Waals surface area contributed by atoms with Crippen molar-refractivity contribution in [1.29, 1.82) is 0 Å². The fraction of sp³-hybridized carbons (Fsp3) is 0.250. The largest absolute Gasteiger partial charge is 0.494 e. The summed E-state index contributed by atoms with van der Waals surface area (Å²) in [5.74, 6) is 1.23. The van der Waals surface area contributed by atoms with Crippen molar-refractivity contribution in [3.05, 3.63) is 42.0 Å². The van der Waals surface area contributed by atoms with E-state index < -0.39 is 0 Å². The monoisotopic (exact) mass is 230 g/mol. The first-order valence-electron chi connectivity index (χ1n) is 5.29. The Bertz CT molecular complexity index is 484. The van der Waals surface area contributed by atoms with Crippen LogP contribution in [0.5, 0.6) is 5.75 Å². The third-order valence-corrected chi connectivity index (χ3v) is 2.44. The van der Waals surface area contributed by atoms with Crippen molar-refractivity contribution in [2.75, 3.05) is 12.4 Å². The van der Waals surface area contributed by atoms with E-state index in [-0.39, 0.29) is 0 Å². The fourth-order valence-corrected chi connectivity index (χ4v) is 1.39. The van der Waals surface area contributed by atoms with Gasteiger partial charge in [-0.25, -0.2) is 9.97 Å². The minimum atomic E-state index is 0.585.